The second-order valence-electron chi connectivity index (χ2n) is 4.86. The zero-order valence-corrected chi connectivity index (χ0v) is 10.4. The SMILES string of the molecule is CNC(=O)CC1=C(C(C)C)C(C)CCC1. The van der Waals surface area contributed by atoms with Gasteiger partial charge in [0.25, 0.3) is 0 Å². The van der Waals surface area contributed by atoms with Crippen LogP contribution in [-0.4, -0.2) is 13.0 Å². The molecule has 0 heterocycles. The molecule has 0 bridgehead atoms. The Morgan fingerprint density at radius 3 is 2.73 bits per heavy atom. The van der Waals surface area contributed by atoms with E-state index < -0.39 is 0 Å². The molecule has 0 aromatic heterocycles. The van der Waals surface area contributed by atoms with Gasteiger partial charge >= 0.3 is 0 Å². The Morgan fingerprint density at radius 1 is 1.53 bits per heavy atom. The smallest absolute Gasteiger partial charge is 0.223 e. The van der Waals surface area contributed by atoms with Crippen LogP contribution >= 0.6 is 0 Å². The summed E-state index contributed by atoms with van der Waals surface area (Å²) in [5.41, 5.74) is 2.92. The summed E-state index contributed by atoms with van der Waals surface area (Å²) in [5.74, 6) is 1.40. The summed E-state index contributed by atoms with van der Waals surface area (Å²) in [5, 5.41) is 2.71. The molecule has 1 atom stereocenters. The van der Waals surface area contributed by atoms with Gasteiger partial charge in [0.05, 0.1) is 0 Å². The molecule has 1 aliphatic carbocycles. The average molecular weight is 209 g/mol. The lowest BCUT2D eigenvalue weighted by atomic mass is 9.77. The van der Waals surface area contributed by atoms with Crippen molar-refractivity contribution in [1.29, 1.82) is 0 Å². The fraction of sp³-hybridized carbons (Fsp3) is 0.769. The molecule has 2 nitrogen and oxygen atoms in total. The van der Waals surface area contributed by atoms with E-state index in [0.29, 0.717) is 18.3 Å². The number of allylic oxidation sites excluding steroid dienone is 1. The van der Waals surface area contributed by atoms with E-state index in [2.05, 4.69) is 26.1 Å². The summed E-state index contributed by atoms with van der Waals surface area (Å²) in [6.07, 6.45) is 4.24. The average Bonchev–Trinajstić information content (AvgIpc) is 2.17. The fourth-order valence-corrected chi connectivity index (χ4v) is 2.72. The molecule has 0 radical (unpaired) electrons. The Balaban J connectivity index is 2.86. The number of carbonyl (C=O) groups is 1. The minimum absolute atomic E-state index is 0.150. The van der Waals surface area contributed by atoms with Crippen LogP contribution in [0.3, 0.4) is 0 Å². The molecular formula is C13H23NO. The molecule has 0 aromatic carbocycles. The number of hydrogen-bond donors (Lipinski definition) is 1. The maximum Gasteiger partial charge on any atom is 0.223 e. The summed E-state index contributed by atoms with van der Waals surface area (Å²) in [4.78, 5) is 11.4. The van der Waals surface area contributed by atoms with Gasteiger partial charge in [0.15, 0.2) is 0 Å². The predicted octanol–water partition coefficient (Wildman–Crippen LogP) is 2.90. The van der Waals surface area contributed by atoms with E-state index in [-0.39, 0.29) is 5.91 Å². The van der Waals surface area contributed by atoms with Gasteiger partial charge in [0, 0.05) is 13.5 Å². The van der Waals surface area contributed by atoms with E-state index >= 15 is 0 Å². The van der Waals surface area contributed by atoms with E-state index in [4.69, 9.17) is 0 Å². The molecule has 1 unspecified atom stereocenters. The molecule has 2 heteroatoms. The van der Waals surface area contributed by atoms with E-state index in [0.717, 1.165) is 6.42 Å². The summed E-state index contributed by atoms with van der Waals surface area (Å²) in [6.45, 7) is 6.76. The van der Waals surface area contributed by atoms with Crippen molar-refractivity contribution in [3.8, 4) is 0 Å². The van der Waals surface area contributed by atoms with Crippen LogP contribution in [0.4, 0.5) is 0 Å². The topological polar surface area (TPSA) is 29.1 Å². The van der Waals surface area contributed by atoms with E-state index in [1.807, 2.05) is 0 Å². The molecule has 0 aliphatic heterocycles. The highest BCUT2D eigenvalue weighted by atomic mass is 16.1. The first kappa shape index (κ1) is 12.3. The van der Waals surface area contributed by atoms with Crippen molar-refractivity contribution >= 4 is 5.91 Å². The number of rotatable bonds is 3. The summed E-state index contributed by atoms with van der Waals surface area (Å²) < 4.78 is 0. The second kappa shape index (κ2) is 5.34. The molecule has 0 fully saturated rings. The first-order valence-electron chi connectivity index (χ1n) is 5.98. The molecule has 0 spiro atoms. The third-order valence-corrected chi connectivity index (χ3v) is 3.33. The largest absolute Gasteiger partial charge is 0.359 e. The van der Waals surface area contributed by atoms with Crippen LogP contribution < -0.4 is 5.32 Å². The molecule has 1 amide bonds. The molecule has 1 aliphatic rings. The lowest BCUT2D eigenvalue weighted by Gasteiger charge is -2.28. The Labute approximate surface area is 93.1 Å². The van der Waals surface area contributed by atoms with Crippen molar-refractivity contribution in [3.05, 3.63) is 11.1 Å². The van der Waals surface area contributed by atoms with E-state index in [1.165, 1.54) is 24.0 Å². The third-order valence-electron chi connectivity index (χ3n) is 3.33. The van der Waals surface area contributed by atoms with Crippen molar-refractivity contribution in [2.45, 2.75) is 46.5 Å². The van der Waals surface area contributed by atoms with Gasteiger partial charge in [-0.05, 0) is 31.1 Å². The van der Waals surface area contributed by atoms with Crippen molar-refractivity contribution in [2.75, 3.05) is 7.05 Å². The maximum absolute atomic E-state index is 11.4. The highest BCUT2D eigenvalue weighted by Crippen LogP contribution is 2.35. The number of hydrogen-bond acceptors (Lipinski definition) is 1. The Hall–Kier alpha value is -0.790. The minimum Gasteiger partial charge on any atom is -0.359 e. The van der Waals surface area contributed by atoms with Crippen molar-refractivity contribution in [3.63, 3.8) is 0 Å². The van der Waals surface area contributed by atoms with Gasteiger partial charge in [-0.3, -0.25) is 4.79 Å². The van der Waals surface area contributed by atoms with Gasteiger partial charge in [0.1, 0.15) is 0 Å². The van der Waals surface area contributed by atoms with Crippen LogP contribution in [0, 0.1) is 11.8 Å². The first-order valence-corrected chi connectivity index (χ1v) is 5.98. The highest BCUT2D eigenvalue weighted by Gasteiger charge is 2.22. The Kier molecular flexibility index (Phi) is 4.37. The lowest BCUT2D eigenvalue weighted by molar-refractivity contribution is -0.120. The molecule has 0 saturated heterocycles. The molecule has 0 saturated carbocycles. The van der Waals surface area contributed by atoms with Crippen LogP contribution in [0.1, 0.15) is 46.5 Å². The van der Waals surface area contributed by atoms with Gasteiger partial charge in [-0.15, -0.1) is 0 Å². The predicted molar refractivity (Wildman–Crippen MR) is 63.6 cm³/mol. The molecule has 86 valence electrons. The second-order valence-corrected chi connectivity index (χ2v) is 4.86. The van der Waals surface area contributed by atoms with Gasteiger partial charge in [-0.2, -0.15) is 0 Å². The summed E-state index contributed by atoms with van der Waals surface area (Å²) in [7, 11) is 1.71. The molecule has 1 N–H and O–H groups in total. The molecule has 1 rings (SSSR count). The Morgan fingerprint density at radius 2 is 2.20 bits per heavy atom. The highest BCUT2D eigenvalue weighted by molar-refractivity contribution is 5.78. The summed E-state index contributed by atoms with van der Waals surface area (Å²) >= 11 is 0. The van der Waals surface area contributed by atoms with Crippen LogP contribution in [0.2, 0.25) is 0 Å². The Bertz CT molecular complexity index is 266. The van der Waals surface area contributed by atoms with Crippen molar-refractivity contribution in [2.24, 2.45) is 11.8 Å². The molecule has 15 heavy (non-hydrogen) atoms. The van der Waals surface area contributed by atoms with Crippen LogP contribution in [0.25, 0.3) is 0 Å². The maximum atomic E-state index is 11.4. The fourth-order valence-electron chi connectivity index (χ4n) is 2.72. The van der Waals surface area contributed by atoms with Crippen LogP contribution in [0.15, 0.2) is 11.1 Å². The molecule has 0 aromatic rings. The summed E-state index contributed by atoms with van der Waals surface area (Å²) in [6, 6.07) is 0. The van der Waals surface area contributed by atoms with Crippen molar-refractivity contribution in [1.82, 2.24) is 5.32 Å². The van der Waals surface area contributed by atoms with Gasteiger partial charge in [0.2, 0.25) is 5.91 Å². The van der Waals surface area contributed by atoms with E-state index in [1.54, 1.807) is 7.05 Å². The minimum atomic E-state index is 0.150. The van der Waals surface area contributed by atoms with Crippen molar-refractivity contribution < 1.29 is 4.79 Å². The van der Waals surface area contributed by atoms with Crippen LogP contribution in [-0.2, 0) is 4.79 Å². The quantitative estimate of drug-likeness (QED) is 0.711. The lowest BCUT2D eigenvalue weighted by Crippen LogP contribution is -2.22. The van der Waals surface area contributed by atoms with E-state index in [9.17, 15) is 4.79 Å². The number of carbonyl (C=O) groups excluding carboxylic acids is 1. The van der Waals surface area contributed by atoms with Gasteiger partial charge < -0.3 is 5.32 Å². The molecular weight excluding hydrogens is 186 g/mol. The normalized spacial score (nSPS) is 22.1. The standard InChI is InChI=1S/C13H23NO/c1-9(2)13-10(3)6-5-7-11(13)8-12(15)14-4/h9-10H,5-8H2,1-4H3,(H,14,15). The zero-order valence-electron chi connectivity index (χ0n) is 10.4. The zero-order chi connectivity index (χ0) is 11.4. The van der Waals surface area contributed by atoms with Crippen LogP contribution in [0.5, 0.6) is 0 Å². The first-order chi connectivity index (χ1) is 7.06. The monoisotopic (exact) mass is 209 g/mol. The van der Waals surface area contributed by atoms with Gasteiger partial charge in [-0.25, -0.2) is 0 Å². The third kappa shape index (κ3) is 3.08. The number of nitrogens with one attached hydrogen (secondary N) is 1. The number of amides is 1. The van der Waals surface area contributed by atoms with Gasteiger partial charge in [-0.1, -0.05) is 31.9 Å².